The average molecular weight is 233 g/mol. The number of thioether (sulfide) groups is 1. The lowest BCUT2D eigenvalue weighted by Gasteiger charge is -2.13. The Morgan fingerprint density at radius 2 is 2.53 bits per heavy atom. The van der Waals surface area contributed by atoms with Gasteiger partial charge >= 0.3 is 5.97 Å². The molecule has 2 unspecified atom stereocenters. The van der Waals surface area contributed by atoms with Gasteiger partial charge < -0.3 is 15.2 Å². The Labute approximate surface area is 94.9 Å². The molecule has 88 valence electrons. The average Bonchev–Trinajstić information content (AvgIpc) is 2.75. The predicted octanol–water partition coefficient (Wildman–Crippen LogP) is 0.789. The zero-order valence-electron chi connectivity index (χ0n) is 9.11. The lowest BCUT2D eigenvalue weighted by atomic mass is 10.2. The summed E-state index contributed by atoms with van der Waals surface area (Å²) in [6.45, 7) is 1.13. The maximum atomic E-state index is 11.4. The second-order valence-electron chi connectivity index (χ2n) is 3.65. The number of ether oxygens (including phenoxy) is 2. The summed E-state index contributed by atoms with van der Waals surface area (Å²) in [6, 6.07) is -0.487. The fraction of sp³-hybridized carbons (Fsp3) is 0.900. The number of carbonyl (C=O) groups is 1. The molecule has 1 aliphatic rings. The first-order valence-corrected chi connectivity index (χ1v) is 6.66. The van der Waals surface area contributed by atoms with E-state index in [1.54, 1.807) is 11.8 Å². The van der Waals surface area contributed by atoms with Crippen LogP contribution < -0.4 is 5.73 Å². The number of hydrogen-bond donors (Lipinski definition) is 1. The van der Waals surface area contributed by atoms with Crippen molar-refractivity contribution in [2.24, 2.45) is 5.73 Å². The van der Waals surface area contributed by atoms with Crippen molar-refractivity contribution in [1.29, 1.82) is 0 Å². The van der Waals surface area contributed by atoms with Gasteiger partial charge in [0.15, 0.2) is 0 Å². The molecule has 5 heteroatoms. The first-order valence-electron chi connectivity index (χ1n) is 5.26. The normalized spacial score (nSPS) is 22.7. The zero-order valence-corrected chi connectivity index (χ0v) is 9.92. The van der Waals surface area contributed by atoms with Crippen molar-refractivity contribution in [3.05, 3.63) is 0 Å². The number of rotatable bonds is 6. The van der Waals surface area contributed by atoms with Crippen LogP contribution in [0, 0.1) is 0 Å². The third kappa shape index (κ3) is 4.86. The maximum Gasteiger partial charge on any atom is 0.323 e. The van der Waals surface area contributed by atoms with E-state index in [0.717, 1.165) is 25.2 Å². The molecule has 0 spiro atoms. The van der Waals surface area contributed by atoms with Crippen LogP contribution in [0.2, 0.25) is 0 Å². The standard InChI is InChI=1S/C10H19NO3S/c1-15-6-4-9(11)10(12)14-7-8-3-2-5-13-8/h8-9H,2-7,11H2,1H3. The third-order valence-corrected chi connectivity index (χ3v) is 3.02. The van der Waals surface area contributed by atoms with E-state index in [1.165, 1.54) is 0 Å². The van der Waals surface area contributed by atoms with E-state index >= 15 is 0 Å². The van der Waals surface area contributed by atoms with Crippen LogP contribution in [0.1, 0.15) is 19.3 Å². The van der Waals surface area contributed by atoms with Gasteiger partial charge in [-0.1, -0.05) is 0 Å². The number of carbonyl (C=O) groups excluding carboxylic acids is 1. The van der Waals surface area contributed by atoms with E-state index < -0.39 is 6.04 Å². The highest BCUT2D eigenvalue weighted by molar-refractivity contribution is 7.98. The van der Waals surface area contributed by atoms with Gasteiger partial charge in [-0.15, -0.1) is 0 Å². The minimum Gasteiger partial charge on any atom is -0.462 e. The molecule has 0 amide bonds. The number of nitrogens with two attached hydrogens (primary N) is 1. The summed E-state index contributed by atoms with van der Waals surface area (Å²) < 4.78 is 10.4. The predicted molar refractivity (Wildman–Crippen MR) is 60.9 cm³/mol. The van der Waals surface area contributed by atoms with Crippen molar-refractivity contribution in [2.75, 3.05) is 25.2 Å². The Morgan fingerprint density at radius 1 is 1.73 bits per heavy atom. The molecule has 1 rings (SSSR count). The zero-order chi connectivity index (χ0) is 11.1. The molecule has 0 aromatic rings. The largest absolute Gasteiger partial charge is 0.462 e. The van der Waals surface area contributed by atoms with Crippen molar-refractivity contribution < 1.29 is 14.3 Å². The Bertz CT molecular complexity index is 195. The first-order chi connectivity index (χ1) is 7.24. The van der Waals surface area contributed by atoms with E-state index in [1.807, 2.05) is 6.26 Å². The monoisotopic (exact) mass is 233 g/mol. The molecule has 0 aliphatic carbocycles. The summed E-state index contributed by atoms with van der Waals surface area (Å²) in [5.74, 6) is 0.579. The van der Waals surface area contributed by atoms with Gasteiger partial charge in [-0.05, 0) is 31.3 Å². The molecule has 2 N–H and O–H groups in total. The molecule has 15 heavy (non-hydrogen) atoms. The molecular weight excluding hydrogens is 214 g/mol. The Balaban J connectivity index is 2.11. The van der Waals surface area contributed by atoms with E-state index in [-0.39, 0.29) is 12.1 Å². The first kappa shape index (κ1) is 12.8. The minimum atomic E-state index is -0.487. The third-order valence-electron chi connectivity index (χ3n) is 2.37. The Kier molecular flexibility index (Phi) is 6.05. The van der Waals surface area contributed by atoms with Crippen LogP contribution in [0.5, 0.6) is 0 Å². The van der Waals surface area contributed by atoms with Gasteiger partial charge in [0.25, 0.3) is 0 Å². The van der Waals surface area contributed by atoms with E-state index in [2.05, 4.69) is 0 Å². The molecule has 0 aromatic carbocycles. The summed E-state index contributed by atoms with van der Waals surface area (Å²) >= 11 is 1.68. The second kappa shape index (κ2) is 7.09. The van der Waals surface area contributed by atoms with Gasteiger partial charge in [0.1, 0.15) is 12.6 Å². The van der Waals surface area contributed by atoms with Gasteiger partial charge in [0.05, 0.1) is 6.10 Å². The van der Waals surface area contributed by atoms with Gasteiger partial charge in [-0.2, -0.15) is 11.8 Å². The maximum absolute atomic E-state index is 11.4. The molecular formula is C10H19NO3S. The SMILES string of the molecule is CSCCC(N)C(=O)OCC1CCCO1. The highest BCUT2D eigenvalue weighted by atomic mass is 32.2. The lowest BCUT2D eigenvalue weighted by Crippen LogP contribution is -2.34. The van der Waals surface area contributed by atoms with Crippen LogP contribution in [0.15, 0.2) is 0 Å². The smallest absolute Gasteiger partial charge is 0.323 e. The fourth-order valence-corrected chi connectivity index (χ4v) is 1.91. The van der Waals surface area contributed by atoms with Gasteiger partial charge in [-0.3, -0.25) is 4.79 Å². The molecule has 2 atom stereocenters. The quantitative estimate of drug-likeness (QED) is 0.687. The highest BCUT2D eigenvalue weighted by Crippen LogP contribution is 2.12. The summed E-state index contributed by atoms with van der Waals surface area (Å²) in [7, 11) is 0. The minimum absolute atomic E-state index is 0.0849. The molecule has 0 saturated carbocycles. The van der Waals surface area contributed by atoms with Crippen molar-refractivity contribution in [3.8, 4) is 0 Å². The van der Waals surface area contributed by atoms with Crippen molar-refractivity contribution >= 4 is 17.7 Å². The molecule has 4 nitrogen and oxygen atoms in total. The molecule has 1 aliphatic heterocycles. The van der Waals surface area contributed by atoms with Crippen LogP contribution in [0.3, 0.4) is 0 Å². The van der Waals surface area contributed by atoms with E-state index in [9.17, 15) is 4.79 Å². The van der Waals surface area contributed by atoms with Gasteiger partial charge in [0, 0.05) is 6.61 Å². The summed E-state index contributed by atoms with van der Waals surface area (Å²) in [6.07, 6.45) is 4.78. The van der Waals surface area contributed by atoms with Crippen molar-refractivity contribution in [3.63, 3.8) is 0 Å². The van der Waals surface area contributed by atoms with E-state index in [0.29, 0.717) is 13.0 Å². The lowest BCUT2D eigenvalue weighted by molar-refractivity contribution is -0.148. The van der Waals surface area contributed by atoms with Gasteiger partial charge in [-0.25, -0.2) is 0 Å². The molecule has 1 heterocycles. The molecule has 1 fully saturated rings. The molecule has 1 saturated heterocycles. The number of hydrogen-bond acceptors (Lipinski definition) is 5. The second-order valence-corrected chi connectivity index (χ2v) is 4.64. The molecule has 0 radical (unpaired) electrons. The van der Waals surface area contributed by atoms with Crippen molar-refractivity contribution in [2.45, 2.75) is 31.4 Å². The van der Waals surface area contributed by atoms with Crippen LogP contribution >= 0.6 is 11.8 Å². The van der Waals surface area contributed by atoms with Crippen LogP contribution in [-0.4, -0.2) is 43.3 Å². The Hall–Kier alpha value is -0.260. The molecule has 0 aromatic heterocycles. The topological polar surface area (TPSA) is 61.6 Å². The summed E-state index contributed by atoms with van der Waals surface area (Å²) in [5, 5.41) is 0. The van der Waals surface area contributed by atoms with Crippen molar-refractivity contribution in [1.82, 2.24) is 0 Å². The molecule has 0 bridgehead atoms. The van der Waals surface area contributed by atoms with E-state index in [4.69, 9.17) is 15.2 Å². The van der Waals surface area contributed by atoms with Crippen LogP contribution in [0.25, 0.3) is 0 Å². The highest BCUT2D eigenvalue weighted by Gasteiger charge is 2.20. The van der Waals surface area contributed by atoms with Crippen LogP contribution in [0.4, 0.5) is 0 Å². The fourth-order valence-electron chi connectivity index (χ4n) is 1.42. The Morgan fingerprint density at radius 3 is 3.13 bits per heavy atom. The summed E-state index contributed by atoms with van der Waals surface area (Å²) in [5.41, 5.74) is 5.66. The van der Waals surface area contributed by atoms with Crippen LogP contribution in [-0.2, 0) is 14.3 Å². The van der Waals surface area contributed by atoms with Gasteiger partial charge in [0.2, 0.25) is 0 Å². The summed E-state index contributed by atoms with van der Waals surface area (Å²) in [4.78, 5) is 11.4. The number of esters is 1.